The summed E-state index contributed by atoms with van der Waals surface area (Å²) in [6.07, 6.45) is -3.30. The lowest BCUT2D eigenvalue weighted by Crippen LogP contribution is -2.22. The number of carbonyl (C=O) groups is 1. The van der Waals surface area contributed by atoms with Gasteiger partial charge in [0, 0.05) is 19.0 Å². The first-order chi connectivity index (χ1) is 11.9. The largest absolute Gasteiger partial charge is 0.495 e. The van der Waals surface area contributed by atoms with Crippen LogP contribution in [0, 0.1) is 0 Å². The van der Waals surface area contributed by atoms with Gasteiger partial charge >= 0.3 is 6.18 Å². The fraction of sp³-hybridized carbons (Fsp3) is 0.333. The topological polar surface area (TPSA) is 98.2 Å². The van der Waals surface area contributed by atoms with E-state index in [9.17, 15) is 31.2 Å². The molecule has 0 saturated carbocycles. The number of aromatic nitrogens is 2. The lowest BCUT2D eigenvalue weighted by Gasteiger charge is -2.17. The van der Waals surface area contributed by atoms with Crippen LogP contribution in [-0.2, 0) is 22.6 Å². The van der Waals surface area contributed by atoms with E-state index in [1.807, 2.05) is 0 Å². The summed E-state index contributed by atoms with van der Waals surface area (Å²) in [7, 11) is -3.45. The van der Waals surface area contributed by atoms with Gasteiger partial charge in [0.05, 0.1) is 18.2 Å². The predicted octanol–water partition coefficient (Wildman–Crippen LogP) is 1.86. The van der Waals surface area contributed by atoms with Crippen molar-refractivity contribution < 1.29 is 31.1 Å². The Morgan fingerprint density at radius 1 is 1.27 bits per heavy atom. The minimum Gasteiger partial charge on any atom is -0.495 e. The van der Waals surface area contributed by atoms with E-state index in [0.717, 1.165) is 24.1 Å². The molecular formula is C15H15F3N2O5S. The lowest BCUT2D eigenvalue weighted by molar-refractivity contribution is -0.140. The number of ether oxygens (including phenoxy) is 1. The van der Waals surface area contributed by atoms with Crippen LogP contribution in [0.25, 0.3) is 0 Å². The molecular weight excluding hydrogens is 377 g/mol. The number of sulfone groups is 1. The molecule has 0 aliphatic carbocycles. The predicted molar refractivity (Wildman–Crippen MR) is 85.3 cm³/mol. The number of methoxy groups -OCH3 is 1. The third-order valence-electron chi connectivity index (χ3n) is 3.64. The highest BCUT2D eigenvalue weighted by atomic mass is 32.2. The molecule has 0 spiro atoms. The number of rotatable bonds is 5. The van der Waals surface area contributed by atoms with Crippen LogP contribution >= 0.6 is 0 Å². The third-order valence-corrected chi connectivity index (χ3v) is 4.79. The van der Waals surface area contributed by atoms with E-state index in [2.05, 4.69) is 5.10 Å². The number of aryl methyl sites for hydroxylation is 1. The van der Waals surface area contributed by atoms with Gasteiger partial charge in [-0.05, 0) is 19.1 Å². The molecule has 0 unspecified atom stereocenters. The summed E-state index contributed by atoms with van der Waals surface area (Å²) in [5.74, 6) is -1.70. The molecule has 0 aliphatic rings. The number of nitrogens with zero attached hydrogens (tertiary/aromatic N) is 1. The van der Waals surface area contributed by atoms with Gasteiger partial charge < -0.3 is 9.84 Å². The van der Waals surface area contributed by atoms with Crippen molar-refractivity contribution in [2.75, 3.05) is 13.4 Å². The molecule has 0 aliphatic heterocycles. The number of H-pyrrole nitrogens is 1. The van der Waals surface area contributed by atoms with Crippen LogP contribution < -0.4 is 10.3 Å². The summed E-state index contributed by atoms with van der Waals surface area (Å²) in [5.41, 5.74) is -2.93. The first-order valence-electron chi connectivity index (χ1n) is 7.24. The maximum Gasteiger partial charge on any atom is 0.417 e. The Kier molecular flexibility index (Phi) is 5.04. The summed E-state index contributed by atoms with van der Waals surface area (Å²) in [6, 6.07) is 1.28. The Bertz CT molecular complexity index is 1020. The highest BCUT2D eigenvalue weighted by Crippen LogP contribution is 2.41. The fourth-order valence-electron chi connectivity index (χ4n) is 2.49. The number of nitrogens with one attached hydrogen (secondary N) is 1. The lowest BCUT2D eigenvalue weighted by atomic mass is 10.0. The standard InChI is InChI=1S/C15H15F3N2O5S/c1-4-20-14(22)9(7-19-20)11(21)8-5-6-10(15(16,17)18)13(12(8)25-2)26(3,23)24/h5-7,19H,4H2,1-3H3. The van der Waals surface area contributed by atoms with Crippen LogP contribution in [0.4, 0.5) is 13.2 Å². The van der Waals surface area contributed by atoms with Crippen molar-refractivity contribution in [3.05, 3.63) is 45.4 Å². The van der Waals surface area contributed by atoms with Gasteiger partial charge in [0.25, 0.3) is 5.56 Å². The Labute approximate surface area is 146 Å². The summed E-state index contributed by atoms with van der Waals surface area (Å²) >= 11 is 0. The molecule has 0 fully saturated rings. The van der Waals surface area contributed by atoms with Crippen molar-refractivity contribution in [2.24, 2.45) is 0 Å². The Hall–Kier alpha value is -2.56. The number of hydrogen-bond donors (Lipinski definition) is 1. The first kappa shape index (κ1) is 19.8. The summed E-state index contributed by atoms with van der Waals surface area (Å²) in [5, 5.41) is 2.54. The van der Waals surface area contributed by atoms with Crippen LogP contribution in [0.5, 0.6) is 5.75 Å². The van der Waals surface area contributed by atoms with Crippen molar-refractivity contribution >= 4 is 15.6 Å². The van der Waals surface area contributed by atoms with Crippen LogP contribution in [-0.4, -0.2) is 37.3 Å². The molecule has 0 saturated heterocycles. The maximum atomic E-state index is 13.2. The zero-order chi connectivity index (χ0) is 19.9. The second kappa shape index (κ2) is 6.63. The van der Waals surface area contributed by atoms with Crippen LogP contribution in [0.15, 0.2) is 28.0 Å². The molecule has 0 atom stereocenters. The average Bonchev–Trinajstić information content (AvgIpc) is 2.91. The van der Waals surface area contributed by atoms with Gasteiger partial charge in [-0.1, -0.05) is 0 Å². The van der Waals surface area contributed by atoms with Crippen molar-refractivity contribution in [1.29, 1.82) is 0 Å². The average molecular weight is 392 g/mol. The molecule has 26 heavy (non-hydrogen) atoms. The number of carbonyl (C=O) groups excluding carboxylic acids is 1. The van der Waals surface area contributed by atoms with Gasteiger partial charge in [0.15, 0.2) is 9.84 Å². The molecule has 0 amide bonds. The van der Waals surface area contributed by atoms with E-state index >= 15 is 0 Å². The summed E-state index contributed by atoms with van der Waals surface area (Å²) < 4.78 is 69.4. The van der Waals surface area contributed by atoms with E-state index < -0.39 is 49.1 Å². The van der Waals surface area contributed by atoms with Gasteiger partial charge in [0.1, 0.15) is 16.2 Å². The number of benzene rings is 1. The molecule has 0 radical (unpaired) electrons. The number of ketones is 1. The monoisotopic (exact) mass is 392 g/mol. The van der Waals surface area contributed by atoms with Crippen LogP contribution in [0.2, 0.25) is 0 Å². The molecule has 1 heterocycles. The first-order valence-corrected chi connectivity index (χ1v) is 9.13. The quantitative estimate of drug-likeness (QED) is 0.784. The molecule has 2 rings (SSSR count). The number of halogens is 3. The summed E-state index contributed by atoms with van der Waals surface area (Å²) in [4.78, 5) is 23.6. The second-order valence-corrected chi connectivity index (χ2v) is 7.31. The van der Waals surface area contributed by atoms with E-state index in [1.54, 1.807) is 6.92 Å². The third kappa shape index (κ3) is 3.39. The fourth-order valence-corrected chi connectivity index (χ4v) is 3.60. The number of alkyl halides is 3. The molecule has 1 aromatic carbocycles. The van der Waals surface area contributed by atoms with E-state index in [-0.39, 0.29) is 12.1 Å². The Morgan fingerprint density at radius 2 is 1.88 bits per heavy atom. The normalized spacial score (nSPS) is 12.2. The molecule has 11 heteroatoms. The SMILES string of the molecule is CCn1[nH]cc(C(=O)c2ccc(C(F)(F)F)c(S(C)(=O)=O)c2OC)c1=O. The molecule has 7 nitrogen and oxygen atoms in total. The van der Waals surface area contributed by atoms with Crippen molar-refractivity contribution in [1.82, 2.24) is 9.78 Å². The highest BCUT2D eigenvalue weighted by molar-refractivity contribution is 7.90. The van der Waals surface area contributed by atoms with E-state index in [1.165, 1.54) is 0 Å². The van der Waals surface area contributed by atoms with Crippen molar-refractivity contribution in [3.8, 4) is 5.75 Å². The van der Waals surface area contributed by atoms with Crippen molar-refractivity contribution in [3.63, 3.8) is 0 Å². The van der Waals surface area contributed by atoms with Crippen LogP contribution in [0.3, 0.4) is 0 Å². The summed E-state index contributed by atoms with van der Waals surface area (Å²) in [6.45, 7) is 1.89. The van der Waals surface area contributed by atoms with Gasteiger partial charge in [-0.15, -0.1) is 0 Å². The zero-order valence-electron chi connectivity index (χ0n) is 14.0. The molecule has 142 valence electrons. The van der Waals surface area contributed by atoms with E-state index in [4.69, 9.17) is 4.74 Å². The molecule has 2 aromatic rings. The number of aromatic amines is 1. The molecule has 1 aromatic heterocycles. The highest BCUT2D eigenvalue weighted by Gasteiger charge is 2.39. The molecule has 0 bridgehead atoms. The van der Waals surface area contributed by atoms with E-state index in [0.29, 0.717) is 12.3 Å². The van der Waals surface area contributed by atoms with Gasteiger partial charge in [-0.25, -0.2) is 8.42 Å². The van der Waals surface area contributed by atoms with Crippen molar-refractivity contribution in [2.45, 2.75) is 24.5 Å². The Morgan fingerprint density at radius 3 is 2.31 bits per heavy atom. The smallest absolute Gasteiger partial charge is 0.417 e. The van der Waals surface area contributed by atoms with Gasteiger partial charge in [-0.2, -0.15) is 13.2 Å². The minimum atomic E-state index is -4.98. The molecule has 1 N–H and O–H groups in total. The Balaban J connectivity index is 2.81. The second-order valence-electron chi connectivity index (χ2n) is 5.36. The van der Waals surface area contributed by atoms with Crippen LogP contribution in [0.1, 0.15) is 28.4 Å². The minimum absolute atomic E-state index is 0.241. The zero-order valence-corrected chi connectivity index (χ0v) is 14.8. The number of hydrogen-bond acceptors (Lipinski definition) is 5. The van der Waals surface area contributed by atoms with Gasteiger partial charge in [-0.3, -0.25) is 14.3 Å². The maximum absolute atomic E-state index is 13.2. The van der Waals surface area contributed by atoms with Gasteiger partial charge in [0.2, 0.25) is 5.78 Å².